The molecule has 0 unspecified atom stereocenters. The minimum atomic E-state index is -3.32. The number of hydrogen-bond acceptors (Lipinski definition) is 5. The van der Waals surface area contributed by atoms with Gasteiger partial charge in [0.15, 0.2) is 5.82 Å². The molecule has 1 aliphatic rings. The Morgan fingerprint density at radius 3 is 2.20 bits per heavy atom. The lowest BCUT2D eigenvalue weighted by molar-refractivity contribution is 0.383. The Morgan fingerprint density at radius 1 is 0.833 bits per heavy atom. The third kappa shape index (κ3) is 4.52. The molecule has 6 nitrogen and oxygen atoms in total. The molecule has 1 fully saturated rings. The Balaban J connectivity index is 1.39. The lowest BCUT2D eigenvalue weighted by Crippen LogP contribution is -2.49. The molecule has 0 saturated carbocycles. The standard InChI is InChI=1S/C23H26N4O2S/c1-18-8-9-21(16-19(18)2)22-10-11-23(25-24-22)26-12-14-27(15-13-26)30(28,29)17-20-6-4-3-5-7-20/h3-11,16H,12-15,17H2,1-2H3. The molecule has 7 heteroatoms. The average molecular weight is 423 g/mol. The van der Waals surface area contributed by atoms with Crippen molar-refractivity contribution in [2.24, 2.45) is 0 Å². The zero-order chi connectivity index (χ0) is 21.1. The second kappa shape index (κ2) is 8.53. The molecule has 3 aromatic rings. The third-order valence-electron chi connectivity index (χ3n) is 5.60. The molecule has 0 atom stereocenters. The Morgan fingerprint density at radius 2 is 1.57 bits per heavy atom. The van der Waals surface area contributed by atoms with E-state index in [0.29, 0.717) is 26.2 Å². The van der Waals surface area contributed by atoms with Crippen molar-refractivity contribution in [2.45, 2.75) is 19.6 Å². The molecule has 1 aliphatic heterocycles. The van der Waals surface area contributed by atoms with Crippen molar-refractivity contribution in [3.63, 3.8) is 0 Å². The molecule has 0 amide bonds. The second-order valence-electron chi connectivity index (χ2n) is 7.70. The number of sulfonamides is 1. The van der Waals surface area contributed by atoms with E-state index in [9.17, 15) is 8.42 Å². The predicted molar refractivity (Wildman–Crippen MR) is 120 cm³/mol. The summed E-state index contributed by atoms with van der Waals surface area (Å²) in [6.45, 7) is 6.29. The summed E-state index contributed by atoms with van der Waals surface area (Å²) < 4.78 is 27.0. The summed E-state index contributed by atoms with van der Waals surface area (Å²) in [7, 11) is -3.32. The monoisotopic (exact) mass is 422 g/mol. The number of anilines is 1. The van der Waals surface area contributed by atoms with Crippen molar-refractivity contribution in [1.29, 1.82) is 0 Å². The van der Waals surface area contributed by atoms with Gasteiger partial charge in [0.1, 0.15) is 0 Å². The van der Waals surface area contributed by atoms with Gasteiger partial charge in [-0.05, 0) is 48.7 Å². The summed E-state index contributed by atoms with van der Waals surface area (Å²) in [5, 5.41) is 8.79. The second-order valence-corrected chi connectivity index (χ2v) is 9.67. The van der Waals surface area contributed by atoms with Crippen LogP contribution in [0.3, 0.4) is 0 Å². The van der Waals surface area contributed by atoms with Crippen LogP contribution in [0.2, 0.25) is 0 Å². The number of hydrogen-bond donors (Lipinski definition) is 0. The smallest absolute Gasteiger partial charge is 0.218 e. The maximum atomic E-state index is 12.7. The van der Waals surface area contributed by atoms with Crippen LogP contribution in [-0.2, 0) is 15.8 Å². The molecule has 2 heterocycles. The summed E-state index contributed by atoms with van der Waals surface area (Å²) in [4.78, 5) is 2.09. The van der Waals surface area contributed by atoms with Crippen LogP contribution >= 0.6 is 0 Å². The van der Waals surface area contributed by atoms with Gasteiger partial charge in [-0.25, -0.2) is 8.42 Å². The largest absolute Gasteiger partial charge is 0.352 e. The van der Waals surface area contributed by atoms with Crippen molar-refractivity contribution < 1.29 is 8.42 Å². The highest BCUT2D eigenvalue weighted by atomic mass is 32.2. The van der Waals surface area contributed by atoms with Gasteiger partial charge in [-0.15, -0.1) is 10.2 Å². The molecule has 30 heavy (non-hydrogen) atoms. The first-order valence-corrected chi connectivity index (χ1v) is 11.7. The molecular weight excluding hydrogens is 396 g/mol. The molecule has 0 spiro atoms. The summed E-state index contributed by atoms with van der Waals surface area (Å²) >= 11 is 0. The Hall–Kier alpha value is -2.77. The van der Waals surface area contributed by atoms with Crippen molar-refractivity contribution in [2.75, 3.05) is 31.1 Å². The number of benzene rings is 2. The lowest BCUT2D eigenvalue weighted by atomic mass is 10.0. The van der Waals surface area contributed by atoms with Crippen LogP contribution in [-0.4, -0.2) is 49.1 Å². The molecule has 1 saturated heterocycles. The molecule has 0 N–H and O–H groups in total. The van der Waals surface area contributed by atoms with Crippen molar-refractivity contribution in [3.05, 3.63) is 77.4 Å². The molecule has 2 aromatic carbocycles. The highest BCUT2D eigenvalue weighted by molar-refractivity contribution is 7.88. The van der Waals surface area contributed by atoms with Crippen LogP contribution in [0.1, 0.15) is 16.7 Å². The van der Waals surface area contributed by atoms with E-state index < -0.39 is 10.0 Å². The van der Waals surface area contributed by atoms with Gasteiger partial charge in [0.05, 0.1) is 11.4 Å². The summed E-state index contributed by atoms with van der Waals surface area (Å²) in [5.41, 5.74) is 5.18. The number of rotatable bonds is 5. The van der Waals surface area contributed by atoms with Crippen LogP contribution in [0.25, 0.3) is 11.3 Å². The Labute approximate surface area is 178 Å². The summed E-state index contributed by atoms with van der Waals surface area (Å²) in [6.07, 6.45) is 0. The van der Waals surface area contributed by atoms with E-state index in [-0.39, 0.29) is 5.75 Å². The third-order valence-corrected chi connectivity index (χ3v) is 7.45. The summed E-state index contributed by atoms with van der Waals surface area (Å²) in [5.74, 6) is 0.820. The van der Waals surface area contributed by atoms with E-state index in [1.807, 2.05) is 42.5 Å². The van der Waals surface area contributed by atoms with Gasteiger partial charge in [-0.2, -0.15) is 4.31 Å². The number of aromatic nitrogens is 2. The molecule has 0 radical (unpaired) electrons. The van der Waals surface area contributed by atoms with Gasteiger partial charge in [-0.1, -0.05) is 42.5 Å². The van der Waals surface area contributed by atoms with E-state index in [0.717, 1.165) is 22.6 Å². The van der Waals surface area contributed by atoms with Gasteiger partial charge in [0.25, 0.3) is 0 Å². The maximum absolute atomic E-state index is 12.7. The first-order chi connectivity index (χ1) is 14.4. The minimum Gasteiger partial charge on any atom is -0.352 e. The van der Waals surface area contributed by atoms with Crippen LogP contribution in [0.4, 0.5) is 5.82 Å². The quantitative estimate of drug-likeness (QED) is 0.630. The van der Waals surface area contributed by atoms with Gasteiger partial charge in [0, 0.05) is 31.7 Å². The Kier molecular flexibility index (Phi) is 5.83. The van der Waals surface area contributed by atoms with Gasteiger partial charge < -0.3 is 4.90 Å². The van der Waals surface area contributed by atoms with E-state index in [1.54, 1.807) is 4.31 Å². The van der Waals surface area contributed by atoms with E-state index in [1.165, 1.54) is 11.1 Å². The molecule has 1 aromatic heterocycles. The first kappa shape index (κ1) is 20.5. The van der Waals surface area contributed by atoms with E-state index in [2.05, 4.69) is 47.1 Å². The van der Waals surface area contributed by atoms with Crippen LogP contribution in [0.5, 0.6) is 0 Å². The maximum Gasteiger partial charge on any atom is 0.218 e. The van der Waals surface area contributed by atoms with Gasteiger partial charge in [-0.3, -0.25) is 0 Å². The van der Waals surface area contributed by atoms with Gasteiger partial charge in [0.2, 0.25) is 10.0 Å². The van der Waals surface area contributed by atoms with Crippen molar-refractivity contribution in [3.8, 4) is 11.3 Å². The molecular formula is C23H26N4O2S. The average Bonchev–Trinajstić information content (AvgIpc) is 2.76. The number of aryl methyl sites for hydroxylation is 2. The number of piperazine rings is 1. The molecule has 0 bridgehead atoms. The fourth-order valence-electron chi connectivity index (χ4n) is 3.62. The van der Waals surface area contributed by atoms with E-state index >= 15 is 0 Å². The topological polar surface area (TPSA) is 66.4 Å². The van der Waals surface area contributed by atoms with Crippen molar-refractivity contribution >= 4 is 15.8 Å². The lowest BCUT2D eigenvalue weighted by Gasteiger charge is -2.34. The zero-order valence-electron chi connectivity index (χ0n) is 17.3. The zero-order valence-corrected chi connectivity index (χ0v) is 18.1. The van der Waals surface area contributed by atoms with Crippen molar-refractivity contribution in [1.82, 2.24) is 14.5 Å². The fourth-order valence-corrected chi connectivity index (χ4v) is 5.14. The fraction of sp³-hybridized carbons (Fsp3) is 0.304. The first-order valence-electron chi connectivity index (χ1n) is 10.1. The van der Waals surface area contributed by atoms with Crippen LogP contribution in [0, 0.1) is 13.8 Å². The highest BCUT2D eigenvalue weighted by Gasteiger charge is 2.27. The molecule has 156 valence electrons. The number of nitrogens with zero attached hydrogens (tertiary/aromatic N) is 4. The minimum absolute atomic E-state index is 0.0400. The van der Waals surface area contributed by atoms with Crippen LogP contribution < -0.4 is 4.90 Å². The SMILES string of the molecule is Cc1ccc(-c2ccc(N3CCN(S(=O)(=O)Cc4ccccc4)CC3)nn2)cc1C. The van der Waals surface area contributed by atoms with E-state index in [4.69, 9.17) is 0 Å². The molecule has 0 aliphatic carbocycles. The Bertz CT molecular complexity index is 1110. The van der Waals surface area contributed by atoms with Gasteiger partial charge >= 0.3 is 0 Å². The molecule has 4 rings (SSSR count). The normalized spacial score (nSPS) is 15.3. The predicted octanol–water partition coefficient (Wildman–Crippen LogP) is 3.41. The highest BCUT2D eigenvalue weighted by Crippen LogP contribution is 2.22. The van der Waals surface area contributed by atoms with Crippen LogP contribution in [0.15, 0.2) is 60.7 Å². The summed E-state index contributed by atoms with van der Waals surface area (Å²) in [6, 6.07) is 19.5.